The lowest BCUT2D eigenvalue weighted by molar-refractivity contribution is -0.106. The van der Waals surface area contributed by atoms with E-state index < -0.39 is 11.8 Å². The van der Waals surface area contributed by atoms with Crippen molar-refractivity contribution >= 4 is 16.9 Å². The first-order chi connectivity index (χ1) is 19.4. The van der Waals surface area contributed by atoms with Gasteiger partial charge in [-0.3, -0.25) is 14.3 Å². The molecule has 1 saturated heterocycles. The Morgan fingerprint density at radius 3 is 2.38 bits per heavy atom. The molecule has 204 valence electrons. The Hall–Kier alpha value is -4.24. The van der Waals surface area contributed by atoms with Crippen LogP contribution in [0.25, 0.3) is 11.2 Å². The predicted molar refractivity (Wildman–Crippen MR) is 142 cm³/mol. The Kier molecular flexibility index (Phi) is 6.75. The van der Waals surface area contributed by atoms with Gasteiger partial charge < -0.3 is 14.7 Å². The summed E-state index contributed by atoms with van der Waals surface area (Å²) in [6.45, 7) is 1.59. The fourth-order valence-electron chi connectivity index (χ4n) is 5.75. The summed E-state index contributed by atoms with van der Waals surface area (Å²) in [6.07, 6.45) is 0.0591. The standard InChI is InChI=1S/C29H26F2N6O3/c1-35-27-24(34-21(10-11-32)14-33-27)26-23(28(35)38)29(39)40-16-22-15-36(12-13-37(22)26)25(17-2-6-19(30)7-3-17)18-4-8-20(31)9-5-18/h2-9,14,22,25,29,39H,10,12-13,15-16H2,1H3/t22-,29?/m1/s1. The summed E-state index contributed by atoms with van der Waals surface area (Å²) in [5, 5.41) is 20.2. The van der Waals surface area contributed by atoms with Gasteiger partial charge in [-0.05, 0) is 35.4 Å². The number of nitriles is 1. The van der Waals surface area contributed by atoms with Crippen LogP contribution < -0.4 is 10.5 Å². The van der Waals surface area contributed by atoms with E-state index >= 15 is 0 Å². The SMILES string of the molecule is Cn1c(=O)c2c(c3nc(CC#N)cnc31)N1CCN(C(c3ccc(F)cc3)c3ccc(F)cc3)C[C@@H]1COC2O. The van der Waals surface area contributed by atoms with Gasteiger partial charge in [0, 0.05) is 26.7 Å². The Balaban J connectivity index is 1.44. The molecule has 2 aliphatic heterocycles. The van der Waals surface area contributed by atoms with Gasteiger partial charge in [-0.2, -0.15) is 5.26 Å². The summed E-state index contributed by atoms with van der Waals surface area (Å²) in [7, 11) is 1.56. The molecule has 11 heteroatoms. The maximum atomic E-state index is 13.8. The van der Waals surface area contributed by atoms with Crippen LogP contribution in [0.5, 0.6) is 0 Å². The molecule has 1 fully saturated rings. The third kappa shape index (κ3) is 4.50. The van der Waals surface area contributed by atoms with Crippen LogP contribution in [0.15, 0.2) is 59.5 Å². The molecule has 6 rings (SSSR count). The molecule has 0 spiro atoms. The second-order valence-corrected chi connectivity index (χ2v) is 10.0. The Morgan fingerprint density at radius 2 is 1.75 bits per heavy atom. The molecule has 4 heterocycles. The number of rotatable bonds is 4. The highest BCUT2D eigenvalue weighted by Crippen LogP contribution is 2.38. The maximum absolute atomic E-state index is 13.8. The van der Waals surface area contributed by atoms with Crippen LogP contribution in [0.4, 0.5) is 14.5 Å². The van der Waals surface area contributed by atoms with Gasteiger partial charge in [0.15, 0.2) is 11.9 Å². The number of nitrogens with zero attached hydrogens (tertiary/aromatic N) is 6. The van der Waals surface area contributed by atoms with Crippen molar-refractivity contribution < 1.29 is 18.6 Å². The van der Waals surface area contributed by atoms with Gasteiger partial charge >= 0.3 is 0 Å². The minimum Gasteiger partial charge on any atom is -0.364 e. The van der Waals surface area contributed by atoms with E-state index in [1.807, 2.05) is 4.90 Å². The zero-order chi connectivity index (χ0) is 28.0. The zero-order valence-electron chi connectivity index (χ0n) is 21.7. The fraction of sp³-hybridized carbons (Fsp3) is 0.310. The van der Waals surface area contributed by atoms with Crippen molar-refractivity contribution in [1.29, 1.82) is 5.26 Å². The van der Waals surface area contributed by atoms with Crippen LogP contribution in [-0.4, -0.2) is 56.8 Å². The molecule has 2 aromatic carbocycles. The topological polar surface area (TPSA) is 108 Å². The number of anilines is 1. The highest BCUT2D eigenvalue weighted by atomic mass is 19.1. The lowest BCUT2D eigenvalue weighted by Crippen LogP contribution is -2.55. The molecule has 0 saturated carbocycles. The molecule has 0 radical (unpaired) electrons. The molecular weight excluding hydrogens is 518 g/mol. The average molecular weight is 545 g/mol. The number of ether oxygens (including phenoxy) is 1. The molecule has 0 aliphatic carbocycles. The number of piperazine rings is 1. The first-order valence-corrected chi connectivity index (χ1v) is 12.9. The molecule has 1 N–H and O–H groups in total. The lowest BCUT2D eigenvalue weighted by Gasteiger charge is -2.45. The first kappa shape index (κ1) is 26.0. The van der Waals surface area contributed by atoms with Crippen molar-refractivity contribution in [3.05, 3.63) is 99.1 Å². The largest absolute Gasteiger partial charge is 0.364 e. The summed E-state index contributed by atoms with van der Waals surface area (Å²) < 4.78 is 34.7. The fourth-order valence-corrected chi connectivity index (χ4v) is 5.75. The van der Waals surface area contributed by atoms with Crippen LogP contribution in [0, 0.1) is 23.0 Å². The van der Waals surface area contributed by atoms with Crippen LogP contribution in [0.1, 0.15) is 34.7 Å². The van der Waals surface area contributed by atoms with Crippen molar-refractivity contribution in [3.8, 4) is 6.07 Å². The third-order valence-electron chi connectivity index (χ3n) is 7.63. The van der Waals surface area contributed by atoms with Gasteiger partial charge in [0.25, 0.3) is 5.56 Å². The van der Waals surface area contributed by atoms with E-state index in [-0.39, 0.29) is 42.3 Å². The van der Waals surface area contributed by atoms with Crippen molar-refractivity contribution in [2.45, 2.75) is 24.8 Å². The van der Waals surface area contributed by atoms with E-state index in [0.717, 1.165) is 11.1 Å². The zero-order valence-corrected chi connectivity index (χ0v) is 21.7. The molecular formula is C29H26F2N6O3. The molecule has 2 aliphatic rings. The second-order valence-electron chi connectivity index (χ2n) is 10.0. The van der Waals surface area contributed by atoms with Gasteiger partial charge in [-0.1, -0.05) is 24.3 Å². The van der Waals surface area contributed by atoms with Gasteiger partial charge in [0.05, 0.1) is 54.3 Å². The normalized spacial score (nSPS) is 19.2. The van der Waals surface area contributed by atoms with E-state index in [4.69, 9.17) is 4.74 Å². The molecule has 1 unspecified atom stereocenters. The van der Waals surface area contributed by atoms with Gasteiger partial charge in [-0.15, -0.1) is 0 Å². The molecule has 2 aromatic heterocycles. The molecule has 40 heavy (non-hydrogen) atoms. The number of hydrogen-bond donors (Lipinski definition) is 1. The second kappa shape index (κ2) is 10.4. The number of halogens is 2. The summed E-state index contributed by atoms with van der Waals surface area (Å²) in [5.74, 6) is -0.695. The quantitative estimate of drug-likeness (QED) is 0.418. The summed E-state index contributed by atoms with van der Waals surface area (Å²) in [6, 6.07) is 14.0. The minimum absolute atomic E-state index is 0.0494. The van der Waals surface area contributed by atoms with E-state index in [1.54, 1.807) is 31.3 Å². The highest BCUT2D eigenvalue weighted by Gasteiger charge is 2.39. The van der Waals surface area contributed by atoms with E-state index in [0.29, 0.717) is 42.2 Å². The first-order valence-electron chi connectivity index (χ1n) is 12.9. The minimum atomic E-state index is -1.47. The summed E-state index contributed by atoms with van der Waals surface area (Å²) >= 11 is 0. The van der Waals surface area contributed by atoms with Crippen LogP contribution in [0.3, 0.4) is 0 Å². The number of benzene rings is 2. The number of aliphatic hydroxyl groups is 1. The number of aliphatic hydroxyl groups excluding tert-OH is 1. The molecule has 0 amide bonds. The maximum Gasteiger partial charge on any atom is 0.262 e. The van der Waals surface area contributed by atoms with Crippen LogP contribution in [-0.2, 0) is 18.2 Å². The number of fused-ring (bicyclic) bond motifs is 5. The lowest BCUT2D eigenvalue weighted by atomic mass is 9.95. The van der Waals surface area contributed by atoms with Crippen molar-refractivity contribution in [2.75, 3.05) is 31.1 Å². The average Bonchev–Trinajstić information content (AvgIpc) is 3.10. The van der Waals surface area contributed by atoms with Crippen molar-refractivity contribution in [2.24, 2.45) is 7.05 Å². The number of aryl methyl sites for hydroxylation is 1. The van der Waals surface area contributed by atoms with Crippen LogP contribution in [0.2, 0.25) is 0 Å². The predicted octanol–water partition coefficient (Wildman–Crippen LogP) is 2.97. The smallest absolute Gasteiger partial charge is 0.262 e. The molecule has 2 atom stereocenters. The van der Waals surface area contributed by atoms with Gasteiger partial charge in [-0.25, -0.2) is 18.7 Å². The highest BCUT2D eigenvalue weighted by molar-refractivity contribution is 5.88. The Labute approximate surface area is 228 Å². The number of aromatic nitrogens is 3. The molecule has 9 nitrogen and oxygen atoms in total. The molecule has 0 bridgehead atoms. The summed E-state index contributed by atoms with van der Waals surface area (Å²) in [4.78, 5) is 26.7. The Bertz CT molecular complexity index is 1620. The van der Waals surface area contributed by atoms with E-state index in [9.17, 15) is 23.9 Å². The Morgan fingerprint density at radius 1 is 1.10 bits per heavy atom. The molecule has 4 aromatic rings. The monoisotopic (exact) mass is 544 g/mol. The number of hydrogen-bond acceptors (Lipinski definition) is 8. The van der Waals surface area contributed by atoms with Crippen LogP contribution >= 0.6 is 0 Å². The number of pyridine rings is 1. The van der Waals surface area contributed by atoms with E-state index in [2.05, 4.69) is 20.9 Å². The van der Waals surface area contributed by atoms with Crippen molar-refractivity contribution in [1.82, 2.24) is 19.4 Å². The summed E-state index contributed by atoms with van der Waals surface area (Å²) in [5.41, 5.74) is 3.03. The third-order valence-corrected chi connectivity index (χ3v) is 7.63. The van der Waals surface area contributed by atoms with Gasteiger partial charge in [0.1, 0.15) is 17.2 Å². The van der Waals surface area contributed by atoms with Crippen molar-refractivity contribution in [3.63, 3.8) is 0 Å². The van der Waals surface area contributed by atoms with E-state index in [1.165, 1.54) is 35.0 Å². The van der Waals surface area contributed by atoms with Gasteiger partial charge in [0.2, 0.25) is 0 Å².